The van der Waals surface area contributed by atoms with Crippen LogP contribution in [-0.2, 0) is 19.1 Å². The van der Waals surface area contributed by atoms with E-state index >= 15 is 0 Å². The first-order valence-corrected chi connectivity index (χ1v) is 7.05. The molecule has 1 fully saturated rings. The van der Waals surface area contributed by atoms with Crippen molar-refractivity contribution in [1.82, 2.24) is 5.32 Å². The van der Waals surface area contributed by atoms with E-state index in [2.05, 4.69) is 5.32 Å². The molecule has 7 heteroatoms. The Morgan fingerprint density at radius 1 is 1.38 bits per heavy atom. The molecule has 21 heavy (non-hydrogen) atoms. The zero-order chi connectivity index (χ0) is 16.2. The molecule has 1 aliphatic rings. The van der Waals surface area contributed by atoms with Crippen molar-refractivity contribution in [1.29, 1.82) is 0 Å². The van der Waals surface area contributed by atoms with Crippen molar-refractivity contribution in [3.05, 3.63) is 0 Å². The van der Waals surface area contributed by atoms with Crippen LogP contribution in [0.1, 0.15) is 34.1 Å². The van der Waals surface area contributed by atoms with E-state index in [0.29, 0.717) is 6.42 Å². The molecule has 4 atom stereocenters. The average Bonchev–Trinajstić information content (AvgIpc) is 2.77. The molecule has 4 unspecified atom stereocenters. The predicted octanol–water partition coefficient (Wildman–Crippen LogP) is -0.409. The molecule has 0 aromatic rings. The quantitative estimate of drug-likeness (QED) is 0.593. The number of carbonyl (C=O) groups excluding carboxylic acids is 2. The molecule has 1 rings (SSSR count). The molecule has 0 aliphatic carbocycles. The third-order valence-corrected chi connectivity index (χ3v) is 3.23. The van der Waals surface area contributed by atoms with E-state index in [1.807, 2.05) is 0 Å². The summed E-state index contributed by atoms with van der Waals surface area (Å²) in [4.78, 5) is 23.0. The number of hydrogen-bond acceptors (Lipinski definition) is 7. The molecule has 1 heterocycles. The van der Waals surface area contributed by atoms with Gasteiger partial charge in [0.1, 0.15) is 11.6 Å². The van der Waals surface area contributed by atoms with Crippen molar-refractivity contribution in [3.8, 4) is 0 Å². The van der Waals surface area contributed by atoms with Crippen LogP contribution in [0.4, 0.5) is 0 Å². The largest absolute Gasteiger partial charge is 0.466 e. The summed E-state index contributed by atoms with van der Waals surface area (Å²) in [5.41, 5.74) is -0.599. The highest BCUT2D eigenvalue weighted by Crippen LogP contribution is 2.25. The first kappa shape index (κ1) is 17.9. The van der Waals surface area contributed by atoms with Gasteiger partial charge in [0.2, 0.25) is 0 Å². The monoisotopic (exact) mass is 303 g/mol. The topological polar surface area (TPSA) is 105 Å². The Morgan fingerprint density at radius 2 is 2.00 bits per heavy atom. The third kappa shape index (κ3) is 5.61. The van der Waals surface area contributed by atoms with Crippen molar-refractivity contribution >= 4 is 11.9 Å². The lowest BCUT2D eigenvalue weighted by Gasteiger charge is -2.24. The van der Waals surface area contributed by atoms with Crippen LogP contribution in [0.15, 0.2) is 0 Å². The first-order chi connectivity index (χ1) is 9.64. The van der Waals surface area contributed by atoms with Crippen molar-refractivity contribution < 1.29 is 29.3 Å². The molecule has 0 saturated carbocycles. The Kier molecular flexibility index (Phi) is 6.12. The van der Waals surface area contributed by atoms with Crippen LogP contribution in [0.2, 0.25) is 0 Å². The first-order valence-electron chi connectivity index (χ1n) is 7.05. The van der Waals surface area contributed by atoms with Gasteiger partial charge < -0.3 is 19.7 Å². The smallest absolute Gasteiger partial charge is 0.323 e. The van der Waals surface area contributed by atoms with E-state index < -0.39 is 42.3 Å². The van der Waals surface area contributed by atoms with E-state index in [4.69, 9.17) is 14.6 Å². The van der Waals surface area contributed by atoms with E-state index in [1.165, 1.54) is 6.92 Å². The van der Waals surface area contributed by atoms with Gasteiger partial charge in [0, 0.05) is 18.9 Å². The molecule has 1 aliphatic heterocycles. The molecule has 0 amide bonds. The lowest BCUT2D eigenvalue weighted by atomic mass is 9.96. The number of carbonyl (C=O) groups is 2. The van der Waals surface area contributed by atoms with Gasteiger partial charge in [0.15, 0.2) is 0 Å². The van der Waals surface area contributed by atoms with Crippen LogP contribution in [-0.4, -0.2) is 59.2 Å². The number of aliphatic hydroxyl groups excluding tert-OH is 2. The van der Waals surface area contributed by atoms with E-state index in [9.17, 15) is 14.7 Å². The fourth-order valence-corrected chi connectivity index (χ4v) is 2.36. The van der Waals surface area contributed by atoms with Crippen LogP contribution in [0, 0.1) is 5.92 Å². The minimum Gasteiger partial charge on any atom is -0.466 e. The summed E-state index contributed by atoms with van der Waals surface area (Å²) >= 11 is 0. The van der Waals surface area contributed by atoms with Gasteiger partial charge in [-0.1, -0.05) is 0 Å². The second-order valence-corrected chi connectivity index (χ2v) is 6.33. The SMILES string of the molecule is CC(=O)OCC1CC(C(=O)OC(C)(C)C)NC1C(O)CO. The van der Waals surface area contributed by atoms with E-state index in [0.717, 1.165) is 0 Å². The summed E-state index contributed by atoms with van der Waals surface area (Å²) in [6.45, 7) is 6.27. The number of nitrogens with one attached hydrogen (secondary N) is 1. The molecule has 0 bridgehead atoms. The highest BCUT2D eigenvalue weighted by Gasteiger charge is 2.42. The Labute approximate surface area is 124 Å². The van der Waals surface area contributed by atoms with Gasteiger partial charge in [-0.2, -0.15) is 0 Å². The molecule has 0 aromatic heterocycles. The Hall–Kier alpha value is -1.18. The maximum atomic E-state index is 12.1. The highest BCUT2D eigenvalue weighted by molar-refractivity contribution is 5.76. The Balaban J connectivity index is 2.70. The van der Waals surface area contributed by atoms with Gasteiger partial charge in [0.25, 0.3) is 0 Å². The lowest BCUT2D eigenvalue weighted by molar-refractivity contribution is -0.157. The summed E-state index contributed by atoms with van der Waals surface area (Å²) in [6.07, 6.45) is -0.651. The van der Waals surface area contributed by atoms with Gasteiger partial charge in [-0.15, -0.1) is 0 Å². The summed E-state index contributed by atoms with van der Waals surface area (Å²) in [7, 11) is 0. The number of rotatable bonds is 5. The molecule has 122 valence electrons. The molecule has 0 aromatic carbocycles. The second kappa shape index (κ2) is 7.20. The van der Waals surface area contributed by atoms with Crippen molar-refractivity contribution in [2.24, 2.45) is 5.92 Å². The molecular weight excluding hydrogens is 278 g/mol. The number of ether oxygens (including phenoxy) is 2. The highest BCUT2D eigenvalue weighted by atomic mass is 16.6. The number of aliphatic hydroxyl groups is 2. The second-order valence-electron chi connectivity index (χ2n) is 6.33. The van der Waals surface area contributed by atoms with Gasteiger partial charge in [-0.25, -0.2) is 0 Å². The summed E-state index contributed by atoms with van der Waals surface area (Å²) in [5.74, 6) is -1.09. The Morgan fingerprint density at radius 3 is 2.48 bits per heavy atom. The van der Waals surface area contributed by atoms with Crippen molar-refractivity contribution in [2.75, 3.05) is 13.2 Å². The molecule has 3 N–H and O–H groups in total. The minimum atomic E-state index is -1.03. The van der Waals surface area contributed by atoms with Gasteiger partial charge in [-0.05, 0) is 27.2 Å². The average molecular weight is 303 g/mol. The van der Waals surface area contributed by atoms with Crippen LogP contribution in [0.25, 0.3) is 0 Å². The summed E-state index contributed by atoms with van der Waals surface area (Å²) in [5, 5.41) is 21.9. The molecule has 0 radical (unpaired) electrons. The Bertz CT molecular complexity index is 378. The molecule has 7 nitrogen and oxygen atoms in total. The minimum absolute atomic E-state index is 0.0867. The standard InChI is InChI=1S/C14H25NO6/c1-8(17)20-7-9-5-10(13(19)21-14(2,3)4)15-12(9)11(18)6-16/h9-12,15-16,18H,5-7H2,1-4H3. The third-order valence-electron chi connectivity index (χ3n) is 3.23. The fraction of sp³-hybridized carbons (Fsp3) is 0.857. The fourth-order valence-electron chi connectivity index (χ4n) is 2.36. The summed E-state index contributed by atoms with van der Waals surface area (Å²) in [6, 6.07) is -1.11. The number of esters is 2. The van der Waals surface area contributed by atoms with Gasteiger partial charge >= 0.3 is 11.9 Å². The van der Waals surface area contributed by atoms with Gasteiger partial charge in [0.05, 0.1) is 19.3 Å². The molecule has 1 saturated heterocycles. The van der Waals surface area contributed by atoms with Crippen LogP contribution in [0.5, 0.6) is 0 Å². The normalized spacial score (nSPS) is 27.2. The number of hydrogen-bond donors (Lipinski definition) is 3. The van der Waals surface area contributed by atoms with E-state index in [-0.39, 0.29) is 12.5 Å². The van der Waals surface area contributed by atoms with Crippen LogP contribution < -0.4 is 5.32 Å². The zero-order valence-electron chi connectivity index (χ0n) is 13.0. The lowest BCUT2D eigenvalue weighted by Crippen LogP contribution is -2.46. The predicted molar refractivity (Wildman–Crippen MR) is 74.4 cm³/mol. The van der Waals surface area contributed by atoms with Crippen LogP contribution in [0.3, 0.4) is 0 Å². The molecule has 0 spiro atoms. The van der Waals surface area contributed by atoms with E-state index in [1.54, 1.807) is 20.8 Å². The van der Waals surface area contributed by atoms with Gasteiger partial charge in [-0.3, -0.25) is 14.9 Å². The van der Waals surface area contributed by atoms with Crippen molar-refractivity contribution in [3.63, 3.8) is 0 Å². The maximum absolute atomic E-state index is 12.1. The summed E-state index contributed by atoms with van der Waals surface area (Å²) < 4.78 is 10.3. The zero-order valence-corrected chi connectivity index (χ0v) is 13.0. The molecular formula is C14H25NO6. The van der Waals surface area contributed by atoms with Crippen molar-refractivity contribution in [2.45, 2.75) is 57.9 Å². The maximum Gasteiger partial charge on any atom is 0.323 e. The van der Waals surface area contributed by atoms with Crippen LogP contribution >= 0.6 is 0 Å².